The molecule has 0 aliphatic heterocycles. The first kappa shape index (κ1) is 34.8. The molecule has 0 heterocycles. The van der Waals surface area contributed by atoms with Gasteiger partial charge in [-0.05, 0) is 0 Å². The predicted octanol–water partition coefficient (Wildman–Crippen LogP) is 5.94. The highest BCUT2D eigenvalue weighted by molar-refractivity contribution is 7.28. The van der Waals surface area contributed by atoms with E-state index in [0.29, 0.717) is 0 Å². The zero-order valence-electron chi connectivity index (χ0n) is 22.6. The Balaban J connectivity index is 2.38. The van der Waals surface area contributed by atoms with Gasteiger partial charge in [-0.2, -0.15) is 31.6 Å². The molecule has 0 saturated heterocycles. The quantitative estimate of drug-likeness (QED) is 0.143. The Hall–Kier alpha value is -6.02. The minimum atomic E-state index is -2.39. The molecule has 3 aromatic rings. The average molecular weight is 700 g/mol. The van der Waals surface area contributed by atoms with Crippen LogP contribution in [0.25, 0.3) is 16.7 Å². The first-order valence-electron chi connectivity index (χ1n) is 12.1. The van der Waals surface area contributed by atoms with E-state index in [9.17, 15) is 42.1 Å². The van der Waals surface area contributed by atoms with Gasteiger partial charge in [-0.25, -0.2) is 43.9 Å². The molecule has 2 unspecified atom stereocenters. The highest BCUT2D eigenvalue weighted by Gasteiger charge is 2.45. The van der Waals surface area contributed by atoms with E-state index in [1.165, 1.54) is 30.6 Å². The topological polar surface area (TPSA) is 143 Å². The third kappa shape index (κ3) is 4.84. The molecular weight excluding hydrogens is 696 g/mol. The van der Waals surface area contributed by atoms with E-state index < -0.39 is 136 Å². The minimum Gasteiger partial charge on any atom is -0.205 e. The van der Waals surface area contributed by atoms with Crippen LogP contribution >= 0.6 is 18.5 Å². The highest BCUT2D eigenvalue weighted by Crippen LogP contribution is 2.57. The average Bonchev–Trinajstić information content (AvgIpc) is 3.78. The van der Waals surface area contributed by atoms with Gasteiger partial charge in [-0.3, -0.25) is 0 Å². The molecule has 0 amide bonds. The molecule has 0 N–H and O–H groups in total. The molecule has 0 bridgehead atoms. The number of nitriles is 6. The Kier molecular flexibility index (Phi) is 9.18. The molecule has 234 valence electrons. The van der Waals surface area contributed by atoms with E-state index in [-0.39, 0.29) is 0 Å². The third-order valence-electron chi connectivity index (χ3n) is 6.84. The number of halogens is 10. The van der Waals surface area contributed by atoms with Crippen molar-refractivity contribution in [1.29, 1.82) is 31.6 Å². The first-order valence-corrected chi connectivity index (χ1v) is 13.2. The number of hydrogen-bond donors (Lipinski definition) is 0. The second-order valence-electron chi connectivity index (χ2n) is 9.14. The van der Waals surface area contributed by atoms with Crippen molar-refractivity contribution >= 4 is 45.8 Å². The standard InChI is InChI=1S/C30H4F10N6P2/c31-19-10(4-44)20(32)26(38)16(25(19)37)7(1-41)13-14(8(2-42)17-27(39)21(33)11(5-45)23(35)29(17)47)15(13)9(3-43)18-28(40)22(34)12(6-46)24(36)30(18)48/h47-48H2/b13-7-,14-8?,15-9-. The van der Waals surface area contributed by atoms with Crippen molar-refractivity contribution in [2.45, 2.75) is 0 Å². The van der Waals surface area contributed by atoms with Gasteiger partial charge in [-0.15, -0.1) is 18.5 Å². The summed E-state index contributed by atoms with van der Waals surface area (Å²) in [6.45, 7) is 0. The summed E-state index contributed by atoms with van der Waals surface area (Å²) < 4.78 is 149. The molecule has 0 aromatic heterocycles. The molecule has 0 spiro atoms. The number of hydrogen-bond acceptors (Lipinski definition) is 6. The summed E-state index contributed by atoms with van der Waals surface area (Å²) in [5.74, 6) is -21.5. The molecule has 48 heavy (non-hydrogen) atoms. The molecule has 1 saturated carbocycles. The Morgan fingerprint density at radius 3 is 0.833 bits per heavy atom. The van der Waals surface area contributed by atoms with Crippen molar-refractivity contribution in [3.63, 3.8) is 0 Å². The molecule has 1 aliphatic rings. The predicted molar refractivity (Wildman–Crippen MR) is 149 cm³/mol. The summed E-state index contributed by atoms with van der Waals surface area (Å²) in [7, 11) is 3.06. The lowest BCUT2D eigenvalue weighted by Gasteiger charge is -2.10. The molecule has 18 heteroatoms. The van der Waals surface area contributed by atoms with Gasteiger partial charge in [0.1, 0.15) is 53.1 Å². The van der Waals surface area contributed by atoms with Crippen molar-refractivity contribution in [2.24, 2.45) is 0 Å². The van der Waals surface area contributed by atoms with Gasteiger partial charge >= 0.3 is 0 Å². The molecular formula is C30H4F10N6P2. The summed E-state index contributed by atoms with van der Waals surface area (Å²) in [6, 6.07) is 6.58. The maximum atomic E-state index is 15.3. The fourth-order valence-corrected chi connectivity index (χ4v) is 5.47. The number of allylic oxidation sites excluding steroid dienone is 6. The van der Waals surface area contributed by atoms with E-state index in [1.54, 1.807) is 0 Å². The number of benzene rings is 3. The summed E-state index contributed by atoms with van der Waals surface area (Å²) >= 11 is 0. The van der Waals surface area contributed by atoms with Gasteiger partial charge in [0, 0.05) is 38.5 Å². The van der Waals surface area contributed by atoms with Gasteiger partial charge in [0.2, 0.25) is 0 Å². The van der Waals surface area contributed by atoms with Gasteiger partial charge in [0.25, 0.3) is 0 Å². The van der Waals surface area contributed by atoms with Crippen molar-refractivity contribution < 1.29 is 43.9 Å². The summed E-state index contributed by atoms with van der Waals surface area (Å²) in [4.78, 5) is 0. The van der Waals surface area contributed by atoms with Crippen molar-refractivity contribution in [1.82, 2.24) is 0 Å². The maximum absolute atomic E-state index is 15.3. The molecule has 1 aliphatic carbocycles. The van der Waals surface area contributed by atoms with E-state index >= 15 is 17.6 Å². The normalized spacial score (nSPS) is 14.9. The zero-order valence-corrected chi connectivity index (χ0v) is 24.9. The molecule has 1 fully saturated rings. The molecule has 4 rings (SSSR count). The summed E-state index contributed by atoms with van der Waals surface area (Å²) in [6.07, 6.45) is 0. The smallest absolute Gasteiger partial charge is 0.180 e. The lowest BCUT2D eigenvalue weighted by atomic mass is 9.99. The Morgan fingerprint density at radius 2 is 0.583 bits per heavy atom. The molecule has 0 radical (unpaired) electrons. The van der Waals surface area contributed by atoms with Crippen LogP contribution in [0.1, 0.15) is 33.4 Å². The fourth-order valence-electron chi connectivity index (χ4n) is 4.64. The van der Waals surface area contributed by atoms with Crippen LogP contribution in [0.3, 0.4) is 0 Å². The second-order valence-corrected chi connectivity index (χ2v) is 10.3. The zero-order chi connectivity index (χ0) is 36.1. The molecule has 3 aromatic carbocycles. The Labute approximate surface area is 266 Å². The van der Waals surface area contributed by atoms with Crippen molar-refractivity contribution in [3.05, 3.63) is 108 Å². The largest absolute Gasteiger partial charge is 0.205 e. The van der Waals surface area contributed by atoms with E-state index in [4.69, 9.17) is 15.8 Å². The van der Waals surface area contributed by atoms with E-state index in [1.807, 2.05) is 0 Å². The van der Waals surface area contributed by atoms with Crippen LogP contribution in [0.2, 0.25) is 0 Å². The number of nitrogens with zero attached hydrogens (tertiary/aromatic N) is 6. The van der Waals surface area contributed by atoms with Gasteiger partial charge in [-0.1, -0.05) is 0 Å². The lowest BCUT2D eigenvalue weighted by Crippen LogP contribution is -2.15. The number of rotatable bonds is 3. The summed E-state index contributed by atoms with van der Waals surface area (Å²) in [5.41, 5.74) is -16.7. The van der Waals surface area contributed by atoms with Crippen LogP contribution in [0.4, 0.5) is 43.9 Å². The van der Waals surface area contributed by atoms with Crippen molar-refractivity contribution in [3.8, 4) is 36.4 Å². The van der Waals surface area contributed by atoms with Crippen LogP contribution in [-0.4, -0.2) is 0 Å². The Bertz CT molecular complexity index is 2070. The second kappa shape index (κ2) is 12.6. The molecule has 6 nitrogen and oxygen atoms in total. The lowest BCUT2D eigenvalue weighted by molar-refractivity contribution is 0.447. The van der Waals surface area contributed by atoms with Crippen LogP contribution < -0.4 is 10.6 Å². The first-order chi connectivity index (χ1) is 22.6. The maximum Gasteiger partial charge on any atom is 0.180 e. The molecule has 2 atom stereocenters. The van der Waals surface area contributed by atoms with Gasteiger partial charge < -0.3 is 0 Å². The SMILES string of the molecule is N#CC(=C1C(=C(\C#N)c2c(F)c(F)c(C#N)c(F)c2F)/C1=C(\C#N)c1c(F)c(F)c(C#N)c(F)c1P)c1c(F)c(F)c(C#N)c(F)c1P. The van der Waals surface area contributed by atoms with E-state index in [2.05, 4.69) is 0 Å². The monoisotopic (exact) mass is 700 g/mol. The van der Waals surface area contributed by atoms with Crippen LogP contribution in [0.5, 0.6) is 0 Å². The highest BCUT2D eigenvalue weighted by atomic mass is 31.0. The third-order valence-corrected chi connectivity index (χ3v) is 7.92. The van der Waals surface area contributed by atoms with Crippen LogP contribution in [0, 0.1) is 126 Å². The van der Waals surface area contributed by atoms with Crippen LogP contribution in [0.15, 0.2) is 16.7 Å². The van der Waals surface area contributed by atoms with Crippen molar-refractivity contribution in [2.75, 3.05) is 0 Å². The minimum absolute atomic E-state index is 0.845. The summed E-state index contributed by atoms with van der Waals surface area (Å²) in [5, 5.41) is 54.9. The Morgan fingerprint density at radius 1 is 0.354 bits per heavy atom. The van der Waals surface area contributed by atoms with Gasteiger partial charge in [0.05, 0.1) is 22.3 Å². The van der Waals surface area contributed by atoms with E-state index in [0.717, 1.165) is 24.3 Å². The fraction of sp³-hybridized carbons (Fsp3) is 0. The van der Waals surface area contributed by atoms with Crippen LogP contribution in [-0.2, 0) is 0 Å². The van der Waals surface area contributed by atoms with Gasteiger partial charge in [0.15, 0.2) is 58.2 Å².